The number of piperidine rings is 1. The fourth-order valence-corrected chi connectivity index (χ4v) is 2.41. The first-order valence-electron chi connectivity index (χ1n) is 5.97. The first-order valence-corrected chi connectivity index (χ1v) is 5.97. The molecule has 2 aliphatic rings. The number of rotatable bonds is 3. The second-order valence-electron chi connectivity index (χ2n) is 4.75. The van der Waals surface area contributed by atoms with Gasteiger partial charge in [-0.2, -0.15) is 0 Å². The van der Waals surface area contributed by atoms with Crippen LogP contribution < -0.4 is 5.32 Å². The molecule has 0 bridgehead atoms. The Morgan fingerprint density at radius 1 is 1.33 bits per heavy atom. The van der Waals surface area contributed by atoms with E-state index >= 15 is 0 Å². The van der Waals surface area contributed by atoms with E-state index < -0.39 is 0 Å². The average molecular weight is 211 g/mol. The first-order chi connectivity index (χ1) is 7.25. The number of likely N-dealkylation sites (tertiary alicyclic amines) is 1. The van der Waals surface area contributed by atoms with Gasteiger partial charge in [-0.1, -0.05) is 0 Å². The summed E-state index contributed by atoms with van der Waals surface area (Å²) in [5, 5.41) is 2.84. The van der Waals surface area contributed by atoms with E-state index in [-0.39, 0.29) is 6.03 Å². The van der Waals surface area contributed by atoms with E-state index in [1.165, 1.54) is 32.4 Å². The minimum Gasteiger partial charge on any atom is -0.336 e. The lowest BCUT2D eigenvalue weighted by atomic mass is 9.94. The second kappa shape index (κ2) is 4.84. The molecule has 0 spiro atoms. The van der Waals surface area contributed by atoms with Gasteiger partial charge in [0.1, 0.15) is 0 Å². The Labute approximate surface area is 91.6 Å². The Balaban J connectivity index is 1.67. The van der Waals surface area contributed by atoms with Crippen molar-refractivity contribution in [2.45, 2.75) is 19.3 Å². The van der Waals surface area contributed by atoms with Gasteiger partial charge in [0.15, 0.2) is 0 Å². The molecule has 2 amide bonds. The SMILES string of the molecule is CN1CCC(CCN2CCNC2=O)CC1. The van der Waals surface area contributed by atoms with Crippen molar-refractivity contribution in [3.63, 3.8) is 0 Å². The molecule has 0 atom stereocenters. The van der Waals surface area contributed by atoms with Crippen LogP contribution >= 0.6 is 0 Å². The lowest BCUT2D eigenvalue weighted by Gasteiger charge is -2.29. The van der Waals surface area contributed by atoms with Crippen LogP contribution in [0.25, 0.3) is 0 Å². The van der Waals surface area contributed by atoms with E-state index in [0.717, 1.165) is 25.6 Å². The third-order valence-electron chi connectivity index (χ3n) is 3.59. The van der Waals surface area contributed by atoms with Gasteiger partial charge < -0.3 is 15.1 Å². The average Bonchev–Trinajstić information content (AvgIpc) is 2.63. The van der Waals surface area contributed by atoms with Crippen molar-refractivity contribution in [1.29, 1.82) is 0 Å². The lowest BCUT2D eigenvalue weighted by Crippen LogP contribution is -2.34. The number of hydrogen-bond acceptors (Lipinski definition) is 2. The number of hydrogen-bond donors (Lipinski definition) is 1. The van der Waals surface area contributed by atoms with Crippen LogP contribution in [-0.2, 0) is 0 Å². The van der Waals surface area contributed by atoms with E-state index in [9.17, 15) is 4.79 Å². The predicted molar refractivity (Wildman–Crippen MR) is 59.8 cm³/mol. The van der Waals surface area contributed by atoms with Crippen LogP contribution in [0.3, 0.4) is 0 Å². The molecule has 4 nitrogen and oxygen atoms in total. The maximum atomic E-state index is 11.3. The van der Waals surface area contributed by atoms with Crippen molar-refractivity contribution in [3.8, 4) is 0 Å². The predicted octanol–water partition coefficient (Wildman–Crippen LogP) is 0.744. The van der Waals surface area contributed by atoms with E-state index in [1.807, 2.05) is 4.90 Å². The summed E-state index contributed by atoms with van der Waals surface area (Å²) in [6, 6.07) is 0.128. The molecule has 0 radical (unpaired) electrons. The Hall–Kier alpha value is -0.770. The summed E-state index contributed by atoms with van der Waals surface area (Å²) in [5.74, 6) is 0.828. The fraction of sp³-hybridized carbons (Fsp3) is 0.909. The molecule has 0 unspecified atom stereocenters. The highest BCUT2D eigenvalue weighted by atomic mass is 16.2. The number of nitrogens with zero attached hydrogens (tertiary/aromatic N) is 2. The molecular weight excluding hydrogens is 190 g/mol. The van der Waals surface area contributed by atoms with Crippen LogP contribution in [0.2, 0.25) is 0 Å². The molecule has 2 fully saturated rings. The van der Waals surface area contributed by atoms with Gasteiger partial charge in [-0.15, -0.1) is 0 Å². The van der Waals surface area contributed by atoms with Gasteiger partial charge in [0.2, 0.25) is 0 Å². The summed E-state index contributed by atoms with van der Waals surface area (Å²) in [6.07, 6.45) is 3.78. The lowest BCUT2D eigenvalue weighted by molar-refractivity contribution is 0.190. The summed E-state index contributed by atoms with van der Waals surface area (Å²) in [6.45, 7) is 5.10. The minimum atomic E-state index is 0.128. The van der Waals surface area contributed by atoms with Crippen LogP contribution in [0.15, 0.2) is 0 Å². The van der Waals surface area contributed by atoms with Crippen LogP contribution in [0, 0.1) is 5.92 Å². The second-order valence-corrected chi connectivity index (χ2v) is 4.75. The maximum absolute atomic E-state index is 11.3. The van der Waals surface area contributed by atoms with Crippen molar-refractivity contribution in [2.24, 2.45) is 5.92 Å². The number of nitrogens with one attached hydrogen (secondary N) is 1. The van der Waals surface area contributed by atoms with Gasteiger partial charge in [-0.25, -0.2) is 4.79 Å². The van der Waals surface area contributed by atoms with Crippen LogP contribution in [0.5, 0.6) is 0 Å². The van der Waals surface area contributed by atoms with E-state index in [0.29, 0.717) is 0 Å². The normalized spacial score (nSPS) is 24.6. The van der Waals surface area contributed by atoms with Gasteiger partial charge in [-0.05, 0) is 45.3 Å². The monoisotopic (exact) mass is 211 g/mol. The van der Waals surface area contributed by atoms with Gasteiger partial charge in [0.25, 0.3) is 0 Å². The summed E-state index contributed by atoms with van der Waals surface area (Å²) >= 11 is 0. The highest BCUT2D eigenvalue weighted by molar-refractivity contribution is 5.76. The van der Waals surface area contributed by atoms with E-state index in [2.05, 4.69) is 17.3 Å². The van der Waals surface area contributed by atoms with Crippen molar-refractivity contribution in [3.05, 3.63) is 0 Å². The maximum Gasteiger partial charge on any atom is 0.317 e. The van der Waals surface area contributed by atoms with Crippen molar-refractivity contribution in [2.75, 3.05) is 39.8 Å². The number of amides is 2. The van der Waals surface area contributed by atoms with Crippen LogP contribution in [-0.4, -0.2) is 55.6 Å². The first kappa shape index (κ1) is 10.7. The Morgan fingerprint density at radius 3 is 2.67 bits per heavy atom. The van der Waals surface area contributed by atoms with Crippen LogP contribution in [0.1, 0.15) is 19.3 Å². The van der Waals surface area contributed by atoms with Crippen molar-refractivity contribution in [1.82, 2.24) is 15.1 Å². The van der Waals surface area contributed by atoms with Gasteiger partial charge in [0, 0.05) is 19.6 Å². The molecule has 86 valence electrons. The zero-order valence-electron chi connectivity index (χ0n) is 9.54. The smallest absolute Gasteiger partial charge is 0.317 e. The van der Waals surface area contributed by atoms with E-state index in [1.54, 1.807) is 0 Å². The van der Waals surface area contributed by atoms with Gasteiger partial charge in [0.05, 0.1) is 0 Å². The minimum absolute atomic E-state index is 0.128. The Kier molecular flexibility index (Phi) is 3.46. The summed E-state index contributed by atoms with van der Waals surface area (Å²) in [4.78, 5) is 15.6. The summed E-state index contributed by atoms with van der Waals surface area (Å²) < 4.78 is 0. The summed E-state index contributed by atoms with van der Waals surface area (Å²) in [7, 11) is 2.18. The molecule has 15 heavy (non-hydrogen) atoms. The Bertz CT molecular complexity index is 224. The summed E-state index contributed by atoms with van der Waals surface area (Å²) in [5.41, 5.74) is 0. The molecule has 4 heteroatoms. The topological polar surface area (TPSA) is 35.6 Å². The molecule has 2 rings (SSSR count). The zero-order valence-corrected chi connectivity index (χ0v) is 9.54. The fourth-order valence-electron chi connectivity index (χ4n) is 2.41. The largest absolute Gasteiger partial charge is 0.336 e. The standard InChI is InChI=1S/C11H21N3O/c1-13-6-2-10(3-7-13)4-8-14-9-5-12-11(14)15/h10H,2-9H2,1H3,(H,12,15). The van der Waals surface area contributed by atoms with E-state index in [4.69, 9.17) is 0 Å². The highest BCUT2D eigenvalue weighted by Gasteiger charge is 2.22. The van der Waals surface area contributed by atoms with Gasteiger partial charge >= 0.3 is 6.03 Å². The molecule has 2 aliphatic heterocycles. The third kappa shape index (κ3) is 2.84. The molecule has 0 saturated carbocycles. The molecule has 2 saturated heterocycles. The molecule has 0 aromatic rings. The molecule has 0 aliphatic carbocycles. The molecular formula is C11H21N3O. The molecule has 2 heterocycles. The zero-order chi connectivity index (χ0) is 10.7. The number of carbonyl (C=O) groups is 1. The van der Waals surface area contributed by atoms with Crippen molar-refractivity contribution < 1.29 is 4.79 Å². The third-order valence-corrected chi connectivity index (χ3v) is 3.59. The number of carbonyl (C=O) groups excluding carboxylic acids is 1. The highest BCUT2D eigenvalue weighted by Crippen LogP contribution is 2.19. The molecule has 1 N–H and O–H groups in total. The molecule has 0 aromatic carbocycles. The van der Waals surface area contributed by atoms with Crippen molar-refractivity contribution >= 4 is 6.03 Å². The number of urea groups is 1. The van der Waals surface area contributed by atoms with Gasteiger partial charge in [-0.3, -0.25) is 0 Å². The quantitative estimate of drug-likeness (QED) is 0.747. The molecule has 0 aromatic heterocycles. The van der Waals surface area contributed by atoms with Crippen LogP contribution in [0.4, 0.5) is 4.79 Å². The Morgan fingerprint density at radius 2 is 2.07 bits per heavy atom.